The van der Waals surface area contributed by atoms with Gasteiger partial charge in [-0.1, -0.05) is 22.0 Å². The van der Waals surface area contributed by atoms with Gasteiger partial charge in [-0.05, 0) is 60.7 Å². The summed E-state index contributed by atoms with van der Waals surface area (Å²) in [5.41, 5.74) is 1.77. The number of anilines is 1. The molecule has 144 valence electrons. The van der Waals surface area contributed by atoms with Crippen molar-refractivity contribution < 1.29 is 13.9 Å². The molecule has 0 spiro atoms. The zero-order chi connectivity index (χ0) is 20.2. The highest BCUT2D eigenvalue weighted by Gasteiger charge is 2.14. The maximum atomic E-state index is 13.0. The average molecular weight is 450 g/mol. The number of nitrogens with zero attached hydrogens (tertiary/aromatic N) is 2. The lowest BCUT2D eigenvalue weighted by molar-refractivity contribution is 0.102. The smallest absolute Gasteiger partial charge is 0.262 e. The molecule has 1 N–H and O–H groups in total. The molecule has 0 aliphatic rings. The monoisotopic (exact) mass is 449 g/mol. The van der Waals surface area contributed by atoms with Crippen molar-refractivity contribution in [2.75, 3.05) is 12.4 Å². The minimum Gasteiger partial charge on any atom is -0.497 e. The van der Waals surface area contributed by atoms with Crippen LogP contribution in [0.5, 0.6) is 5.75 Å². The van der Waals surface area contributed by atoms with E-state index in [9.17, 15) is 4.79 Å². The van der Waals surface area contributed by atoms with Gasteiger partial charge in [0.2, 0.25) is 5.55 Å². The van der Waals surface area contributed by atoms with Gasteiger partial charge in [0, 0.05) is 16.1 Å². The zero-order valence-electron chi connectivity index (χ0n) is 15.4. The van der Waals surface area contributed by atoms with Crippen molar-refractivity contribution in [3.8, 4) is 5.75 Å². The summed E-state index contributed by atoms with van der Waals surface area (Å²) >= 11 is 3.45. The number of methoxy groups -OCH3 is 1. The molecule has 29 heavy (non-hydrogen) atoms. The Morgan fingerprint density at radius 2 is 1.93 bits per heavy atom. The Balaban J connectivity index is 1.84. The Morgan fingerprint density at radius 3 is 2.66 bits per heavy atom. The van der Waals surface area contributed by atoms with E-state index in [-0.39, 0.29) is 11.5 Å². The van der Waals surface area contributed by atoms with Crippen LogP contribution in [0.25, 0.3) is 11.0 Å². The van der Waals surface area contributed by atoms with Gasteiger partial charge in [-0.3, -0.25) is 4.79 Å². The molecular weight excluding hydrogens is 434 g/mol. The lowest BCUT2D eigenvalue weighted by atomic mass is 10.1. The number of hydrogen-bond acceptors (Lipinski definition) is 5. The van der Waals surface area contributed by atoms with Crippen molar-refractivity contribution in [2.24, 2.45) is 4.99 Å². The van der Waals surface area contributed by atoms with Crippen molar-refractivity contribution in [3.63, 3.8) is 0 Å². The first-order chi connectivity index (χ1) is 14.1. The zero-order valence-corrected chi connectivity index (χ0v) is 17.0. The molecule has 0 bridgehead atoms. The fraction of sp³-hybridized carbons (Fsp3) is 0.0455. The number of ether oxygens (including phenoxy) is 1. The van der Waals surface area contributed by atoms with Crippen LogP contribution < -0.4 is 15.6 Å². The number of carbonyl (C=O) groups is 1. The van der Waals surface area contributed by atoms with E-state index in [4.69, 9.17) is 9.15 Å². The van der Waals surface area contributed by atoms with Crippen LogP contribution in [0.3, 0.4) is 0 Å². The van der Waals surface area contributed by atoms with Gasteiger partial charge >= 0.3 is 0 Å². The molecule has 0 saturated heterocycles. The summed E-state index contributed by atoms with van der Waals surface area (Å²) in [7, 11) is 1.60. The van der Waals surface area contributed by atoms with E-state index < -0.39 is 0 Å². The van der Waals surface area contributed by atoms with E-state index in [0.29, 0.717) is 22.7 Å². The summed E-state index contributed by atoms with van der Waals surface area (Å²) in [5, 5.41) is 3.56. The third-order valence-corrected chi connectivity index (χ3v) is 4.66. The van der Waals surface area contributed by atoms with Crippen LogP contribution in [0.1, 0.15) is 10.4 Å². The second kappa shape index (κ2) is 8.28. The molecule has 2 aromatic heterocycles. The Kier molecular flexibility index (Phi) is 5.39. The van der Waals surface area contributed by atoms with Gasteiger partial charge < -0.3 is 14.5 Å². The van der Waals surface area contributed by atoms with Gasteiger partial charge in [0.05, 0.1) is 12.8 Å². The molecule has 4 aromatic rings. The summed E-state index contributed by atoms with van der Waals surface area (Å²) < 4.78 is 12.0. The third-order valence-electron chi connectivity index (χ3n) is 4.16. The normalized spacial score (nSPS) is 11.4. The highest BCUT2D eigenvalue weighted by Crippen LogP contribution is 2.21. The quantitative estimate of drug-likeness (QED) is 0.470. The minimum atomic E-state index is -0.360. The van der Waals surface area contributed by atoms with Gasteiger partial charge in [-0.2, -0.15) is 0 Å². The minimum absolute atomic E-state index is 0.207. The standard InChI is InChI=1S/C22H16BrN3O3/c1-28-17-8-6-16(7-9-17)25-22-18(21(27)26-20-4-2-3-11-24-20)13-14-12-15(23)5-10-19(14)29-22/h2-13H,1H3,(H,24,26,27). The third kappa shape index (κ3) is 4.35. The molecular formula is C22H16BrN3O3. The first-order valence-corrected chi connectivity index (χ1v) is 9.56. The molecule has 0 fully saturated rings. The number of fused-ring (bicyclic) bond motifs is 1. The molecule has 0 saturated carbocycles. The maximum Gasteiger partial charge on any atom is 0.262 e. The maximum absolute atomic E-state index is 13.0. The average Bonchev–Trinajstić information content (AvgIpc) is 2.74. The summed E-state index contributed by atoms with van der Waals surface area (Å²) in [5.74, 6) is 0.807. The number of nitrogens with one attached hydrogen (secondary N) is 1. The Morgan fingerprint density at radius 1 is 1.10 bits per heavy atom. The van der Waals surface area contributed by atoms with Gasteiger partial charge in [-0.15, -0.1) is 0 Å². The predicted molar refractivity (Wildman–Crippen MR) is 114 cm³/mol. The van der Waals surface area contributed by atoms with Crippen LogP contribution in [0.15, 0.2) is 86.8 Å². The predicted octanol–water partition coefficient (Wildman–Crippen LogP) is 5.08. The number of pyridine rings is 1. The van der Waals surface area contributed by atoms with Crippen LogP contribution in [0.2, 0.25) is 0 Å². The van der Waals surface area contributed by atoms with E-state index in [2.05, 4.69) is 31.2 Å². The topological polar surface area (TPSA) is 76.7 Å². The van der Waals surface area contributed by atoms with Crippen molar-refractivity contribution >= 4 is 44.3 Å². The van der Waals surface area contributed by atoms with Gasteiger partial charge in [0.1, 0.15) is 22.7 Å². The second-order valence-electron chi connectivity index (χ2n) is 6.13. The van der Waals surface area contributed by atoms with Crippen molar-refractivity contribution in [1.29, 1.82) is 0 Å². The largest absolute Gasteiger partial charge is 0.497 e. The summed E-state index contributed by atoms with van der Waals surface area (Å²) in [6, 6.07) is 19.8. The van der Waals surface area contributed by atoms with Crippen molar-refractivity contribution in [1.82, 2.24) is 4.98 Å². The number of amides is 1. The van der Waals surface area contributed by atoms with Crippen molar-refractivity contribution in [3.05, 3.63) is 88.5 Å². The van der Waals surface area contributed by atoms with Gasteiger partial charge in [0.25, 0.3) is 5.91 Å². The molecule has 1 amide bonds. The Labute approximate surface area is 175 Å². The van der Waals surface area contributed by atoms with E-state index in [1.165, 1.54) is 0 Å². The number of carbonyl (C=O) groups excluding carboxylic acids is 1. The summed E-state index contributed by atoms with van der Waals surface area (Å²) in [4.78, 5) is 21.6. The first kappa shape index (κ1) is 18.9. The molecule has 0 aliphatic carbocycles. The summed E-state index contributed by atoms with van der Waals surface area (Å²) in [6.45, 7) is 0. The molecule has 0 atom stereocenters. The van der Waals surface area contributed by atoms with E-state index >= 15 is 0 Å². The lowest BCUT2D eigenvalue weighted by Crippen LogP contribution is -2.22. The number of hydrogen-bond donors (Lipinski definition) is 1. The summed E-state index contributed by atoms with van der Waals surface area (Å²) in [6.07, 6.45) is 1.61. The highest BCUT2D eigenvalue weighted by atomic mass is 79.9. The molecule has 2 aromatic carbocycles. The highest BCUT2D eigenvalue weighted by molar-refractivity contribution is 9.10. The molecule has 2 heterocycles. The molecule has 4 rings (SSSR count). The van der Waals surface area contributed by atoms with E-state index in [1.807, 2.05) is 18.2 Å². The Bertz CT molecular complexity index is 1240. The van der Waals surface area contributed by atoms with Crippen LogP contribution in [-0.4, -0.2) is 18.0 Å². The molecule has 0 aliphatic heterocycles. The lowest BCUT2D eigenvalue weighted by Gasteiger charge is -2.07. The number of aromatic nitrogens is 1. The number of benzene rings is 2. The van der Waals surface area contributed by atoms with Crippen LogP contribution >= 0.6 is 15.9 Å². The van der Waals surface area contributed by atoms with Crippen LogP contribution in [0.4, 0.5) is 11.5 Å². The fourth-order valence-corrected chi connectivity index (χ4v) is 3.12. The first-order valence-electron chi connectivity index (χ1n) is 8.77. The molecule has 6 nitrogen and oxygen atoms in total. The van der Waals surface area contributed by atoms with Gasteiger partial charge in [0.15, 0.2) is 0 Å². The SMILES string of the molecule is COc1ccc(N=c2oc3ccc(Br)cc3cc2C(=O)Nc2ccccn2)cc1. The van der Waals surface area contributed by atoms with Gasteiger partial charge in [-0.25, -0.2) is 9.98 Å². The van der Waals surface area contributed by atoms with E-state index in [1.54, 1.807) is 61.8 Å². The van der Waals surface area contributed by atoms with Crippen LogP contribution in [0, 0.1) is 0 Å². The fourth-order valence-electron chi connectivity index (χ4n) is 2.74. The molecule has 7 heteroatoms. The number of halogens is 1. The van der Waals surface area contributed by atoms with Crippen LogP contribution in [-0.2, 0) is 0 Å². The molecule has 0 unspecified atom stereocenters. The Hall–Kier alpha value is -3.45. The van der Waals surface area contributed by atoms with E-state index in [0.717, 1.165) is 15.6 Å². The second-order valence-corrected chi connectivity index (χ2v) is 7.04. The molecule has 0 radical (unpaired) electrons. The number of rotatable bonds is 4. The van der Waals surface area contributed by atoms with Crippen molar-refractivity contribution in [2.45, 2.75) is 0 Å².